The molecule has 4 heteroatoms. The molecule has 1 nitrogen and oxygen atoms in total. The Morgan fingerprint density at radius 2 is 1.93 bits per heavy atom. The van der Waals surface area contributed by atoms with Gasteiger partial charge >= 0.3 is 0 Å². The van der Waals surface area contributed by atoms with Crippen molar-refractivity contribution in [3.05, 3.63) is 33.8 Å². The van der Waals surface area contributed by atoms with E-state index in [4.69, 9.17) is 0 Å². The molecular weight excluding hydrogens is 254 g/mol. The quantitative estimate of drug-likeness (QED) is 0.430. The highest BCUT2D eigenvalue weighted by atomic mass is 79.9. The first-order chi connectivity index (χ1) is 6.65. The van der Waals surface area contributed by atoms with Crippen LogP contribution in [0.3, 0.4) is 0 Å². The standard InChI is InChI=1S/C10H5BrF2O/c11-10-8(12)5-7(6-9(10)13)3-1-2-4-14/h4-6H,2H2. The van der Waals surface area contributed by atoms with Gasteiger partial charge < -0.3 is 4.79 Å². The number of halogens is 3. The summed E-state index contributed by atoms with van der Waals surface area (Å²) < 4.78 is 25.6. The maximum Gasteiger partial charge on any atom is 0.141 e. The maximum atomic E-state index is 12.9. The zero-order valence-electron chi connectivity index (χ0n) is 6.98. The van der Waals surface area contributed by atoms with Crippen molar-refractivity contribution in [3.8, 4) is 11.8 Å². The van der Waals surface area contributed by atoms with Gasteiger partial charge in [-0.2, -0.15) is 0 Å². The maximum absolute atomic E-state index is 12.9. The van der Waals surface area contributed by atoms with Crippen LogP contribution in [0.15, 0.2) is 16.6 Å². The number of hydrogen-bond acceptors (Lipinski definition) is 1. The van der Waals surface area contributed by atoms with Crippen LogP contribution in [0.2, 0.25) is 0 Å². The Kier molecular flexibility index (Phi) is 3.78. The van der Waals surface area contributed by atoms with Crippen molar-refractivity contribution in [2.45, 2.75) is 6.42 Å². The molecular formula is C10H5BrF2O. The number of carbonyl (C=O) groups is 1. The zero-order chi connectivity index (χ0) is 10.6. The predicted octanol–water partition coefficient (Wildman–Crippen LogP) is 2.67. The van der Waals surface area contributed by atoms with Crippen LogP contribution in [-0.2, 0) is 4.79 Å². The summed E-state index contributed by atoms with van der Waals surface area (Å²) in [6.45, 7) is 0. The molecule has 0 aromatic heterocycles. The van der Waals surface area contributed by atoms with Crippen molar-refractivity contribution >= 4 is 22.2 Å². The second kappa shape index (κ2) is 4.87. The molecule has 72 valence electrons. The number of hydrogen-bond donors (Lipinski definition) is 0. The number of benzene rings is 1. The second-order valence-electron chi connectivity index (χ2n) is 2.43. The van der Waals surface area contributed by atoms with E-state index in [1.165, 1.54) is 0 Å². The van der Waals surface area contributed by atoms with Gasteiger partial charge in [-0.3, -0.25) is 0 Å². The minimum atomic E-state index is -0.708. The molecule has 0 aliphatic heterocycles. The van der Waals surface area contributed by atoms with Gasteiger partial charge in [-0.15, -0.1) is 0 Å². The molecule has 0 amide bonds. The van der Waals surface area contributed by atoms with Gasteiger partial charge in [0.05, 0.1) is 10.9 Å². The summed E-state index contributed by atoms with van der Waals surface area (Å²) in [5.41, 5.74) is 0.213. The molecule has 0 N–H and O–H groups in total. The van der Waals surface area contributed by atoms with Crippen LogP contribution < -0.4 is 0 Å². The van der Waals surface area contributed by atoms with E-state index in [-0.39, 0.29) is 16.5 Å². The number of carbonyl (C=O) groups excluding carboxylic acids is 1. The molecule has 0 atom stereocenters. The summed E-state index contributed by atoms with van der Waals surface area (Å²) in [6.07, 6.45) is 0.678. The molecule has 0 radical (unpaired) electrons. The fourth-order valence-electron chi connectivity index (χ4n) is 0.822. The molecule has 0 saturated carbocycles. The van der Waals surface area contributed by atoms with Gasteiger partial charge in [0.25, 0.3) is 0 Å². The Hall–Kier alpha value is -1.21. The highest BCUT2D eigenvalue weighted by Crippen LogP contribution is 2.20. The van der Waals surface area contributed by atoms with Crippen molar-refractivity contribution in [2.75, 3.05) is 0 Å². The van der Waals surface area contributed by atoms with Crippen molar-refractivity contribution in [2.24, 2.45) is 0 Å². The van der Waals surface area contributed by atoms with E-state index < -0.39 is 11.6 Å². The van der Waals surface area contributed by atoms with Crippen LogP contribution >= 0.6 is 15.9 Å². The zero-order valence-corrected chi connectivity index (χ0v) is 8.57. The minimum Gasteiger partial charge on any atom is -0.302 e. The normalized spacial score (nSPS) is 9.07. The molecule has 1 aromatic rings. The lowest BCUT2D eigenvalue weighted by Gasteiger charge is -1.97. The molecule has 14 heavy (non-hydrogen) atoms. The highest BCUT2D eigenvalue weighted by Gasteiger charge is 2.06. The fraction of sp³-hybridized carbons (Fsp3) is 0.100. The molecule has 0 aliphatic carbocycles. The van der Waals surface area contributed by atoms with Gasteiger partial charge in [0.15, 0.2) is 0 Å². The summed E-state index contributed by atoms with van der Waals surface area (Å²) in [5, 5.41) is 0. The number of aldehydes is 1. The molecule has 1 rings (SSSR count). The largest absolute Gasteiger partial charge is 0.302 e. The molecule has 0 aliphatic rings. The average Bonchev–Trinajstić information content (AvgIpc) is 2.14. The van der Waals surface area contributed by atoms with Crippen molar-refractivity contribution in [3.63, 3.8) is 0 Å². The van der Waals surface area contributed by atoms with Crippen molar-refractivity contribution in [1.82, 2.24) is 0 Å². The van der Waals surface area contributed by atoms with Crippen LogP contribution in [0.25, 0.3) is 0 Å². The first-order valence-electron chi connectivity index (χ1n) is 3.72. The predicted molar refractivity (Wildman–Crippen MR) is 51.6 cm³/mol. The van der Waals surface area contributed by atoms with Gasteiger partial charge in [0, 0.05) is 5.56 Å². The fourth-order valence-corrected chi connectivity index (χ4v) is 1.05. The smallest absolute Gasteiger partial charge is 0.141 e. The first-order valence-corrected chi connectivity index (χ1v) is 4.51. The van der Waals surface area contributed by atoms with Crippen molar-refractivity contribution < 1.29 is 13.6 Å². The topological polar surface area (TPSA) is 17.1 Å². The minimum absolute atomic E-state index is 0.0549. The van der Waals surface area contributed by atoms with Crippen molar-refractivity contribution in [1.29, 1.82) is 0 Å². The monoisotopic (exact) mass is 258 g/mol. The van der Waals surface area contributed by atoms with Gasteiger partial charge in [-0.25, -0.2) is 8.78 Å². The van der Waals surface area contributed by atoms with E-state index in [1.54, 1.807) is 0 Å². The molecule has 0 heterocycles. The molecule has 0 spiro atoms. The lowest BCUT2D eigenvalue weighted by Crippen LogP contribution is -1.86. The molecule has 0 fully saturated rings. The Balaban J connectivity index is 3.02. The van der Waals surface area contributed by atoms with E-state index in [0.717, 1.165) is 12.1 Å². The number of rotatable bonds is 1. The summed E-state index contributed by atoms with van der Waals surface area (Å²) in [6, 6.07) is 2.20. The lowest BCUT2D eigenvalue weighted by molar-refractivity contribution is -0.107. The van der Waals surface area contributed by atoms with E-state index in [1.807, 2.05) is 0 Å². The Labute approximate surface area is 88.3 Å². The van der Waals surface area contributed by atoms with Gasteiger partial charge in [-0.1, -0.05) is 11.8 Å². The first kappa shape index (κ1) is 10.9. The second-order valence-corrected chi connectivity index (χ2v) is 3.22. The SMILES string of the molecule is O=CCC#Cc1cc(F)c(Br)c(F)c1. The lowest BCUT2D eigenvalue weighted by atomic mass is 10.2. The highest BCUT2D eigenvalue weighted by molar-refractivity contribution is 9.10. The van der Waals surface area contributed by atoms with Crippen LogP contribution in [-0.4, -0.2) is 6.29 Å². The summed E-state index contributed by atoms with van der Waals surface area (Å²) in [5.74, 6) is 3.51. The third-order valence-corrected chi connectivity index (χ3v) is 2.16. The van der Waals surface area contributed by atoms with E-state index in [0.29, 0.717) is 6.29 Å². The molecule has 1 aromatic carbocycles. The van der Waals surface area contributed by atoms with Crippen LogP contribution in [0.1, 0.15) is 12.0 Å². The van der Waals surface area contributed by atoms with Gasteiger partial charge in [0.1, 0.15) is 17.9 Å². The van der Waals surface area contributed by atoms with E-state index in [9.17, 15) is 13.6 Å². The Morgan fingerprint density at radius 3 is 2.43 bits per heavy atom. The van der Waals surface area contributed by atoms with E-state index in [2.05, 4.69) is 27.8 Å². The van der Waals surface area contributed by atoms with Crippen LogP contribution in [0, 0.1) is 23.5 Å². The Bertz CT molecular complexity index is 395. The molecule has 0 saturated heterocycles. The molecule has 0 bridgehead atoms. The third kappa shape index (κ3) is 2.64. The Morgan fingerprint density at radius 1 is 1.36 bits per heavy atom. The average molecular weight is 259 g/mol. The summed E-state index contributed by atoms with van der Waals surface area (Å²) >= 11 is 2.74. The van der Waals surface area contributed by atoms with E-state index >= 15 is 0 Å². The summed E-state index contributed by atoms with van der Waals surface area (Å²) in [4.78, 5) is 9.92. The van der Waals surface area contributed by atoms with Crippen LogP contribution in [0.4, 0.5) is 8.78 Å². The van der Waals surface area contributed by atoms with Gasteiger partial charge in [0.2, 0.25) is 0 Å². The van der Waals surface area contributed by atoms with Gasteiger partial charge in [-0.05, 0) is 28.1 Å². The van der Waals surface area contributed by atoms with Crippen LogP contribution in [0.5, 0.6) is 0 Å². The molecule has 0 unspecified atom stereocenters. The third-order valence-electron chi connectivity index (χ3n) is 1.40. The summed E-state index contributed by atoms with van der Waals surface area (Å²) in [7, 11) is 0.